The maximum Gasteiger partial charge on any atom is 0.346 e. The Hall–Kier alpha value is -1.81. The average Bonchev–Trinajstić information content (AvgIpc) is 3.15. The lowest BCUT2D eigenvalue weighted by molar-refractivity contribution is -0.119. The molecule has 2 N–H and O–H groups in total. The van der Waals surface area contributed by atoms with Crippen LogP contribution >= 0.6 is 11.8 Å². The van der Waals surface area contributed by atoms with E-state index in [4.69, 9.17) is 0 Å². The number of hydrogen-bond donors (Lipinski definition) is 2. The van der Waals surface area contributed by atoms with Gasteiger partial charge in [-0.2, -0.15) is 10.2 Å². The summed E-state index contributed by atoms with van der Waals surface area (Å²) in [6.45, 7) is 3.74. The lowest BCUT2D eigenvalue weighted by Gasteiger charge is -2.28. The third kappa shape index (κ3) is 3.48. The van der Waals surface area contributed by atoms with E-state index in [1.165, 1.54) is 25.7 Å². The van der Waals surface area contributed by atoms with Gasteiger partial charge in [-0.05, 0) is 50.9 Å². The molecular formula is C17H22N4O2S. The Labute approximate surface area is 145 Å². The second kappa shape index (κ2) is 6.98. The molecule has 0 saturated heterocycles. The van der Waals surface area contributed by atoms with Crippen molar-refractivity contribution >= 4 is 17.7 Å². The third-order valence-electron chi connectivity index (χ3n) is 5.36. The van der Waals surface area contributed by atoms with Crippen molar-refractivity contribution in [2.24, 2.45) is 17.8 Å². The van der Waals surface area contributed by atoms with Crippen molar-refractivity contribution in [1.29, 1.82) is 5.26 Å². The number of hydrogen-bond acceptors (Lipinski definition) is 5. The molecule has 2 aliphatic rings. The molecule has 1 amide bonds. The van der Waals surface area contributed by atoms with E-state index < -0.39 is 5.69 Å². The summed E-state index contributed by atoms with van der Waals surface area (Å²) in [5.41, 5.74) is 0.314. The first kappa shape index (κ1) is 17.0. The van der Waals surface area contributed by atoms with Gasteiger partial charge in [0.05, 0.1) is 5.75 Å². The Morgan fingerprint density at radius 2 is 2.29 bits per heavy atom. The summed E-state index contributed by atoms with van der Waals surface area (Å²) in [6.07, 6.45) is 5.20. The smallest absolute Gasteiger partial charge is 0.346 e. The highest BCUT2D eigenvalue weighted by Gasteiger charge is 2.42. The highest BCUT2D eigenvalue weighted by atomic mass is 32.2. The molecule has 1 heterocycles. The molecule has 1 aromatic rings. The summed E-state index contributed by atoms with van der Waals surface area (Å²) in [5, 5.41) is 12.6. The van der Waals surface area contributed by atoms with Gasteiger partial charge in [0.25, 0.3) is 0 Å². The van der Waals surface area contributed by atoms with Crippen LogP contribution in [0.15, 0.2) is 9.82 Å². The number of nitrogens with one attached hydrogen (secondary N) is 2. The molecule has 2 bridgehead atoms. The van der Waals surface area contributed by atoms with E-state index in [1.54, 1.807) is 6.92 Å². The summed E-state index contributed by atoms with van der Waals surface area (Å²) >= 11 is 1.14. The average molecular weight is 346 g/mol. The molecule has 0 unspecified atom stereocenters. The molecule has 2 saturated carbocycles. The predicted octanol–water partition coefficient (Wildman–Crippen LogP) is 1.98. The number of aromatic amines is 1. The van der Waals surface area contributed by atoms with Crippen LogP contribution in [0.4, 0.5) is 0 Å². The monoisotopic (exact) mass is 346 g/mol. The number of H-pyrrole nitrogens is 1. The quantitative estimate of drug-likeness (QED) is 0.627. The largest absolute Gasteiger partial charge is 0.353 e. The molecule has 2 aliphatic carbocycles. The Morgan fingerprint density at radius 1 is 1.50 bits per heavy atom. The maximum atomic E-state index is 12.2. The van der Waals surface area contributed by atoms with Gasteiger partial charge in [0.1, 0.15) is 16.7 Å². The second-order valence-electron chi connectivity index (χ2n) is 6.94. The molecule has 0 spiro atoms. The molecule has 2 fully saturated rings. The van der Waals surface area contributed by atoms with Crippen molar-refractivity contribution < 1.29 is 4.79 Å². The zero-order valence-electron chi connectivity index (χ0n) is 14.0. The van der Waals surface area contributed by atoms with E-state index in [2.05, 4.69) is 22.2 Å². The zero-order chi connectivity index (χ0) is 17.3. The molecule has 0 radical (unpaired) electrons. The van der Waals surface area contributed by atoms with Crippen LogP contribution in [0.2, 0.25) is 0 Å². The summed E-state index contributed by atoms with van der Waals surface area (Å²) in [7, 11) is 0. The number of carbonyl (C=O) groups excluding carboxylic acids is 1. The topological polar surface area (TPSA) is 98.6 Å². The van der Waals surface area contributed by atoms with Crippen molar-refractivity contribution in [3.05, 3.63) is 21.7 Å². The fourth-order valence-corrected chi connectivity index (χ4v) is 5.08. The molecule has 24 heavy (non-hydrogen) atoms. The van der Waals surface area contributed by atoms with Crippen molar-refractivity contribution in [3.8, 4) is 6.07 Å². The molecule has 0 aliphatic heterocycles. The summed E-state index contributed by atoms with van der Waals surface area (Å²) < 4.78 is 0. The predicted molar refractivity (Wildman–Crippen MR) is 91.6 cm³/mol. The molecule has 3 rings (SSSR count). The van der Waals surface area contributed by atoms with Gasteiger partial charge in [-0.3, -0.25) is 4.79 Å². The summed E-state index contributed by atoms with van der Waals surface area (Å²) in [4.78, 5) is 30.0. The van der Waals surface area contributed by atoms with Crippen molar-refractivity contribution in [3.63, 3.8) is 0 Å². The fourth-order valence-electron chi connectivity index (χ4n) is 4.24. The van der Waals surface area contributed by atoms with Gasteiger partial charge in [0.15, 0.2) is 0 Å². The lowest BCUT2D eigenvalue weighted by atomic mass is 9.84. The summed E-state index contributed by atoms with van der Waals surface area (Å²) in [6, 6.07) is 2.21. The maximum absolute atomic E-state index is 12.2. The number of carbonyl (C=O) groups is 1. The van der Waals surface area contributed by atoms with Crippen molar-refractivity contribution in [2.75, 3.05) is 5.75 Å². The summed E-state index contributed by atoms with van der Waals surface area (Å²) in [5.74, 6) is 2.30. The molecule has 0 aromatic carbocycles. The molecule has 7 heteroatoms. The highest BCUT2D eigenvalue weighted by Crippen LogP contribution is 2.49. The minimum Gasteiger partial charge on any atom is -0.353 e. The number of thioether (sulfide) groups is 1. The molecular weight excluding hydrogens is 324 g/mol. The van der Waals surface area contributed by atoms with Gasteiger partial charge in [-0.1, -0.05) is 18.2 Å². The normalized spacial score (nSPS) is 26.1. The number of nitrogens with zero attached hydrogens (tertiary/aromatic N) is 2. The van der Waals surface area contributed by atoms with Gasteiger partial charge < -0.3 is 10.3 Å². The number of amides is 1. The van der Waals surface area contributed by atoms with E-state index in [9.17, 15) is 14.9 Å². The van der Waals surface area contributed by atoms with E-state index in [0.29, 0.717) is 22.2 Å². The van der Waals surface area contributed by atoms with E-state index >= 15 is 0 Å². The standard InChI is InChI=1S/C17H22N4O2S/c1-9(13-6-11-3-4-12(13)5-11)19-15(22)8-24-16-14(7-18)10(2)20-17(23)21-16/h9,11-13H,3-6,8H2,1-2H3,(H,19,22)(H,20,21,23)/t9-,11+,12+,13-/m1/s1. The van der Waals surface area contributed by atoms with Gasteiger partial charge in [0.2, 0.25) is 5.91 Å². The Bertz CT molecular complexity index is 739. The zero-order valence-corrected chi connectivity index (χ0v) is 14.8. The third-order valence-corrected chi connectivity index (χ3v) is 6.34. The number of nitriles is 1. The van der Waals surface area contributed by atoms with Crippen LogP contribution in [-0.4, -0.2) is 27.7 Å². The minimum absolute atomic E-state index is 0.0705. The number of aryl methyl sites for hydroxylation is 1. The van der Waals surface area contributed by atoms with Crippen LogP contribution in [0, 0.1) is 36.0 Å². The number of fused-ring (bicyclic) bond motifs is 2. The number of rotatable bonds is 5. The van der Waals surface area contributed by atoms with E-state index in [1.807, 2.05) is 6.07 Å². The minimum atomic E-state index is -0.496. The van der Waals surface area contributed by atoms with Crippen LogP contribution in [0.3, 0.4) is 0 Å². The second-order valence-corrected chi connectivity index (χ2v) is 7.91. The van der Waals surface area contributed by atoms with Gasteiger partial charge in [-0.25, -0.2) is 4.79 Å². The first-order valence-electron chi connectivity index (χ1n) is 8.41. The van der Waals surface area contributed by atoms with Gasteiger partial charge in [0, 0.05) is 11.7 Å². The fraction of sp³-hybridized carbons (Fsp3) is 0.647. The molecule has 4 atom stereocenters. The number of aromatic nitrogens is 2. The van der Waals surface area contributed by atoms with Crippen LogP contribution < -0.4 is 11.0 Å². The Balaban J connectivity index is 1.56. The molecule has 1 aromatic heterocycles. The molecule has 128 valence electrons. The first-order chi connectivity index (χ1) is 11.5. The van der Waals surface area contributed by atoms with Crippen molar-refractivity contribution in [1.82, 2.24) is 15.3 Å². The molecule has 6 nitrogen and oxygen atoms in total. The van der Waals surface area contributed by atoms with Crippen LogP contribution in [0.25, 0.3) is 0 Å². The highest BCUT2D eigenvalue weighted by molar-refractivity contribution is 8.00. The van der Waals surface area contributed by atoms with Crippen LogP contribution in [0.5, 0.6) is 0 Å². The van der Waals surface area contributed by atoms with Gasteiger partial charge >= 0.3 is 5.69 Å². The van der Waals surface area contributed by atoms with Crippen LogP contribution in [0.1, 0.15) is 43.9 Å². The van der Waals surface area contributed by atoms with Gasteiger partial charge in [-0.15, -0.1) is 0 Å². The van der Waals surface area contributed by atoms with Crippen LogP contribution in [-0.2, 0) is 4.79 Å². The Kier molecular flexibility index (Phi) is 4.95. The lowest BCUT2D eigenvalue weighted by Crippen LogP contribution is -2.41. The van der Waals surface area contributed by atoms with E-state index in [-0.39, 0.29) is 17.7 Å². The Morgan fingerprint density at radius 3 is 2.92 bits per heavy atom. The van der Waals surface area contributed by atoms with Crippen molar-refractivity contribution in [2.45, 2.75) is 50.6 Å². The first-order valence-corrected chi connectivity index (χ1v) is 9.39. The SMILES string of the molecule is Cc1[nH]c(=O)nc(SCC(=O)N[C@H](C)[C@H]2C[C@H]3CC[C@H]2C3)c1C#N. The van der Waals surface area contributed by atoms with E-state index in [0.717, 1.165) is 23.6 Å².